The molecule has 1 fully saturated rings. The molecule has 3 aromatic rings. The second-order valence-corrected chi connectivity index (χ2v) is 9.57. The summed E-state index contributed by atoms with van der Waals surface area (Å²) in [5.74, 6) is 0.386. The molecule has 0 bridgehead atoms. The maximum atomic E-state index is 10.7. The minimum Gasteiger partial charge on any atom is -0.462 e. The van der Waals surface area contributed by atoms with E-state index in [2.05, 4.69) is 76.8 Å². The molecule has 0 aliphatic carbocycles. The van der Waals surface area contributed by atoms with Crippen LogP contribution < -0.4 is 5.32 Å². The molecule has 0 aromatic heterocycles. The molecular weight excluding hydrogens is 426 g/mol. The van der Waals surface area contributed by atoms with E-state index in [9.17, 15) is 9.59 Å². The Hall–Kier alpha value is -3.02. The van der Waals surface area contributed by atoms with Crippen LogP contribution in [0.4, 0.5) is 0 Å². The van der Waals surface area contributed by atoms with Crippen molar-refractivity contribution in [2.75, 3.05) is 13.1 Å². The van der Waals surface area contributed by atoms with Crippen molar-refractivity contribution in [2.45, 2.75) is 57.8 Å². The summed E-state index contributed by atoms with van der Waals surface area (Å²) in [6.45, 7) is 8.42. The highest BCUT2D eigenvalue weighted by molar-refractivity contribution is 5.82. The van der Waals surface area contributed by atoms with Crippen LogP contribution in [0, 0.1) is 0 Å². The lowest BCUT2D eigenvalue weighted by atomic mass is 9.87. The van der Waals surface area contributed by atoms with Crippen LogP contribution in [0.3, 0.4) is 0 Å². The maximum absolute atomic E-state index is 10.7. The first-order valence-corrected chi connectivity index (χ1v) is 11.8. The summed E-state index contributed by atoms with van der Waals surface area (Å²) in [5.41, 5.74) is 3.26. The Labute approximate surface area is 202 Å². The lowest BCUT2D eigenvalue weighted by Crippen LogP contribution is -2.40. The number of hydrogen-bond acceptors (Lipinski definition) is 5. The lowest BCUT2D eigenvalue weighted by Gasteiger charge is -2.32. The molecule has 2 atom stereocenters. The molecule has 1 heterocycles. The zero-order valence-electron chi connectivity index (χ0n) is 20.3. The van der Waals surface area contributed by atoms with Crippen molar-refractivity contribution in [3.05, 3.63) is 83.4 Å². The van der Waals surface area contributed by atoms with E-state index in [1.165, 1.54) is 21.9 Å². The van der Waals surface area contributed by atoms with Gasteiger partial charge in [-0.3, -0.25) is 4.79 Å². The Bertz CT molecular complexity index is 1060. The van der Waals surface area contributed by atoms with Gasteiger partial charge in [0.25, 0.3) is 6.47 Å². The number of fused-ring (bicyclic) bond motifs is 1. The Morgan fingerprint density at radius 1 is 0.941 bits per heavy atom. The minimum absolute atomic E-state index is 0.155. The van der Waals surface area contributed by atoms with Crippen molar-refractivity contribution in [1.29, 1.82) is 0 Å². The third-order valence-electron chi connectivity index (χ3n) is 5.83. The number of rotatable bonds is 7. The van der Waals surface area contributed by atoms with E-state index in [-0.39, 0.29) is 11.7 Å². The fourth-order valence-electron chi connectivity index (χ4n) is 4.06. The van der Waals surface area contributed by atoms with Crippen LogP contribution in [0.15, 0.2) is 66.7 Å². The molecule has 5 nitrogen and oxygen atoms in total. The molecule has 0 saturated carbocycles. The molecule has 1 saturated heterocycles. The van der Waals surface area contributed by atoms with Crippen LogP contribution in [0.1, 0.15) is 49.8 Å². The quantitative estimate of drug-likeness (QED) is 0.490. The zero-order chi connectivity index (χ0) is 24.4. The topological polar surface area (TPSA) is 64.6 Å². The Kier molecular flexibility index (Phi) is 9.37. The first-order chi connectivity index (χ1) is 16.4. The number of ether oxygens (including phenoxy) is 2. The average Bonchev–Trinajstić information content (AvgIpc) is 2.83. The van der Waals surface area contributed by atoms with Gasteiger partial charge < -0.3 is 19.6 Å². The highest BCUT2D eigenvalue weighted by Gasteiger charge is 2.27. The Morgan fingerprint density at radius 3 is 2.29 bits per heavy atom. The number of hydrogen-bond donors (Lipinski definition) is 1. The van der Waals surface area contributed by atoms with Crippen LogP contribution in [0.25, 0.3) is 10.8 Å². The summed E-state index contributed by atoms with van der Waals surface area (Å²) in [5, 5.41) is 5.97. The van der Waals surface area contributed by atoms with Gasteiger partial charge in [-0.15, -0.1) is 0 Å². The second-order valence-electron chi connectivity index (χ2n) is 9.57. The lowest BCUT2D eigenvalue weighted by molar-refractivity contribution is -0.138. The van der Waals surface area contributed by atoms with E-state index in [4.69, 9.17) is 4.74 Å². The molecule has 0 amide bonds. The van der Waals surface area contributed by atoms with Crippen molar-refractivity contribution >= 4 is 23.5 Å². The maximum Gasteiger partial charge on any atom is 0.293 e. The monoisotopic (exact) mass is 461 g/mol. The van der Waals surface area contributed by atoms with Gasteiger partial charge in [-0.1, -0.05) is 60.7 Å². The van der Waals surface area contributed by atoms with Crippen molar-refractivity contribution < 1.29 is 19.1 Å². The summed E-state index contributed by atoms with van der Waals surface area (Å²) in [6.07, 6.45) is 2.65. The van der Waals surface area contributed by atoms with Gasteiger partial charge in [0.1, 0.15) is 11.9 Å². The molecule has 5 heteroatoms. The summed E-state index contributed by atoms with van der Waals surface area (Å²) < 4.78 is 10.9. The molecule has 180 valence electrons. The fourth-order valence-corrected chi connectivity index (χ4v) is 4.06. The molecule has 0 spiro atoms. The fraction of sp³-hybridized carbons (Fsp3) is 0.379. The van der Waals surface area contributed by atoms with Crippen molar-refractivity contribution in [1.82, 2.24) is 5.32 Å². The van der Waals surface area contributed by atoms with Gasteiger partial charge in [0, 0.05) is 18.9 Å². The van der Waals surface area contributed by atoms with Crippen LogP contribution >= 0.6 is 0 Å². The summed E-state index contributed by atoms with van der Waals surface area (Å²) in [7, 11) is 0. The van der Waals surface area contributed by atoms with E-state index < -0.39 is 0 Å². The normalized spacial score (nSPS) is 18.0. The molecular formula is C29H35NO4. The molecule has 2 unspecified atom stereocenters. The number of piperidine rings is 1. The third-order valence-corrected chi connectivity index (χ3v) is 5.83. The highest BCUT2D eigenvalue weighted by Crippen LogP contribution is 2.29. The average molecular weight is 462 g/mol. The van der Waals surface area contributed by atoms with E-state index >= 15 is 0 Å². The smallest absolute Gasteiger partial charge is 0.293 e. The van der Waals surface area contributed by atoms with Gasteiger partial charge in [0.15, 0.2) is 0 Å². The van der Waals surface area contributed by atoms with Gasteiger partial charge in [0.2, 0.25) is 0 Å². The molecule has 3 aromatic carbocycles. The number of aldehydes is 1. The molecule has 34 heavy (non-hydrogen) atoms. The van der Waals surface area contributed by atoms with Crippen LogP contribution in [-0.2, 0) is 32.1 Å². The predicted octanol–water partition coefficient (Wildman–Crippen LogP) is 5.20. The number of benzene rings is 3. The van der Waals surface area contributed by atoms with E-state index in [0.717, 1.165) is 31.4 Å². The molecule has 0 radical (unpaired) electrons. The third kappa shape index (κ3) is 7.79. The highest BCUT2D eigenvalue weighted by atomic mass is 16.5. The van der Waals surface area contributed by atoms with Gasteiger partial charge in [0.05, 0.1) is 12.7 Å². The SMILES string of the molecule is CC(C)(C)OC=O.O=CCc1ccc(C2CCNCC2OCc2ccc3ccccc3c2)cc1. The zero-order valence-corrected chi connectivity index (χ0v) is 20.3. The molecule has 4 rings (SSSR count). The molecule has 1 N–H and O–H groups in total. The van der Waals surface area contributed by atoms with E-state index in [1.807, 2.05) is 20.8 Å². The van der Waals surface area contributed by atoms with Crippen molar-refractivity contribution in [3.8, 4) is 0 Å². The van der Waals surface area contributed by atoms with Gasteiger partial charge in [-0.25, -0.2) is 0 Å². The predicted molar refractivity (Wildman–Crippen MR) is 136 cm³/mol. The number of carbonyl (C=O) groups is 2. The van der Waals surface area contributed by atoms with Crippen LogP contribution in [0.2, 0.25) is 0 Å². The number of nitrogens with one attached hydrogen (secondary N) is 1. The molecule has 1 aliphatic rings. The van der Waals surface area contributed by atoms with E-state index in [1.54, 1.807) is 0 Å². The largest absolute Gasteiger partial charge is 0.462 e. The first-order valence-electron chi connectivity index (χ1n) is 11.8. The van der Waals surface area contributed by atoms with Crippen LogP contribution in [-0.4, -0.2) is 37.6 Å². The van der Waals surface area contributed by atoms with Crippen molar-refractivity contribution in [2.24, 2.45) is 0 Å². The Balaban J connectivity index is 0.000000406. The van der Waals surface area contributed by atoms with Gasteiger partial charge >= 0.3 is 0 Å². The van der Waals surface area contributed by atoms with E-state index in [0.29, 0.717) is 25.4 Å². The second kappa shape index (κ2) is 12.4. The minimum atomic E-state index is -0.318. The summed E-state index contributed by atoms with van der Waals surface area (Å²) in [4.78, 5) is 20.3. The molecule has 1 aliphatic heterocycles. The number of carbonyl (C=O) groups excluding carboxylic acids is 2. The standard InChI is InChI=1S/C24H25NO2.C5H10O2/c26-14-12-18-5-9-21(10-6-18)23-11-13-25-16-24(23)27-17-19-7-8-20-3-1-2-4-22(20)15-19;1-5(2,3)7-4-6/h1-10,14-15,23-25H,11-13,16-17H2;4H,1-3H3. The Morgan fingerprint density at radius 2 is 1.65 bits per heavy atom. The van der Waals surface area contributed by atoms with Crippen LogP contribution in [0.5, 0.6) is 0 Å². The summed E-state index contributed by atoms with van der Waals surface area (Å²) >= 11 is 0. The van der Waals surface area contributed by atoms with Gasteiger partial charge in [-0.2, -0.15) is 0 Å². The van der Waals surface area contributed by atoms with Gasteiger partial charge in [-0.05, 0) is 67.3 Å². The summed E-state index contributed by atoms with van der Waals surface area (Å²) in [6, 6.07) is 23.4. The van der Waals surface area contributed by atoms with Crippen molar-refractivity contribution in [3.63, 3.8) is 0 Å². The first kappa shape index (κ1) is 25.6.